The Hall–Kier alpha value is -0.0800. The van der Waals surface area contributed by atoms with Crippen molar-refractivity contribution in [1.29, 1.82) is 0 Å². The molecule has 0 saturated heterocycles. The molecule has 0 spiro atoms. The molecule has 0 unspecified atom stereocenters. The lowest BCUT2D eigenvalue weighted by atomic mass is 9.73. The summed E-state index contributed by atoms with van der Waals surface area (Å²) in [5.41, 5.74) is -0.738. The molecule has 0 heterocycles. The van der Waals surface area contributed by atoms with Gasteiger partial charge < -0.3 is 10.2 Å². The second-order valence-electron chi connectivity index (χ2n) is 7.88. The molecule has 17 heavy (non-hydrogen) atoms. The molecule has 0 aromatic carbocycles. The molecule has 6 atom stereocenters. The second kappa shape index (κ2) is 3.08. The zero-order valence-electron chi connectivity index (χ0n) is 11.5. The molecular formula is C15H26O2. The number of hydrogen-bond donors (Lipinski definition) is 2. The van der Waals surface area contributed by atoms with E-state index in [9.17, 15) is 10.2 Å². The van der Waals surface area contributed by atoms with E-state index in [0.29, 0.717) is 29.1 Å². The highest BCUT2D eigenvalue weighted by molar-refractivity contribution is 5.18. The quantitative estimate of drug-likeness (QED) is 0.681. The highest BCUT2D eigenvalue weighted by Crippen LogP contribution is 2.71. The standard InChI is InChI=1S/C15H26O2/c1-13(2)9-5-7-14(3,16)10-6-8-15(4,17)12(10)11(9)13/h9-12,16-17H,5-8H2,1-4H3/t9-,10-,11-,12-,14+,15-/m0/s1. The molecule has 0 aromatic heterocycles. The van der Waals surface area contributed by atoms with Gasteiger partial charge in [-0.15, -0.1) is 0 Å². The van der Waals surface area contributed by atoms with Crippen LogP contribution in [-0.4, -0.2) is 21.4 Å². The van der Waals surface area contributed by atoms with Gasteiger partial charge in [0.1, 0.15) is 0 Å². The van der Waals surface area contributed by atoms with Gasteiger partial charge in [-0.1, -0.05) is 13.8 Å². The molecule has 3 saturated carbocycles. The third kappa shape index (κ3) is 1.46. The summed E-state index contributed by atoms with van der Waals surface area (Å²) in [6.07, 6.45) is 3.89. The van der Waals surface area contributed by atoms with Crippen molar-refractivity contribution < 1.29 is 10.2 Å². The Balaban J connectivity index is 1.99. The van der Waals surface area contributed by atoms with Gasteiger partial charge >= 0.3 is 0 Å². The van der Waals surface area contributed by atoms with Gasteiger partial charge in [0.2, 0.25) is 0 Å². The van der Waals surface area contributed by atoms with Crippen molar-refractivity contribution in [2.24, 2.45) is 29.1 Å². The first-order valence-electron chi connectivity index (χ1n) is 7.13. The van der Waals surface area contributed by atoms with Crippen LogP contribution in [0.3, 0.4) is 0 Å². The lowest BCUT2D eigenvalue weighted by Gasteiger charge is -2.37. The first-order chi connectivity index (χ1) is 7.68. The lowest BCUT2D eigenvalue weighted by Crippen LogP contribution is -2.43. The molecule has 3 aliphatic carbocycles. The van der Waals surface area contributed by atoms with E-state index >= 15 is 0 Å². The Morgan fingerprint density at radius 1 is 0.765 bits per heavy atom. The van der Waals surface area contributed by atoms with Crippen LogP contribution < -0.4 is 0 Å². The minimum Gasteiger partial charge on any atom is -0.390 e. The zero-order chi connectivity index (χ0) is 12.6. The molecule has 98 valence electrons. The zero-order valence-corrected chi connectivity index (χ0v) is 11.5. The fraction of sp³-hybridized carbons (Fsp3) is 1.00. The van der Waals surface area contributed by atoms with Crippen LogP contribution in [0.15, 0.2) is 0 Å². The van der Waals surface area contributed by atoms with Crippen LogP contribution in [0.1, 0.15) is 53.4 Å². The Labute approximate surface area is 104 Å². The molecule has 2 nitrogen and oxygen atoms in total. The number of rotatable bonds is 0. The molecule has 0 bridgehead atoms. The van der Waals surface area contributed by atoms with Crippen LogP contribution in [-0.2, 0) is 0 Å². The first-order valence-corrected chi connectivity index (χ1v) is 7.13. The average Bonchev–Trinajstić information content (AvgIpc) is 2.59. The minimum atomic E-state index is -0.561. The predicted octanol–water partition coefficient (Wildman–Crippen LogP) is 2.58. The fourth-order valence-electron chi connectivity index (χ4n) is 5.25. The summed E-state index contributed by atoms with van der Waals surface area (Å²) in [7, 11) is 0. The summed E-state index contributed by atoms with van der Waals surface area (Å²) < 4.78 is 0. The normalized spacial score (nSPS) is 60.4. The highest BCUT2D eigenvalue weighted by atomic mass is 16.3. The predicted molar refractivity (Wildman–Crippen MR) is 67.5 cm³/mol. The van der Waals surface area contributed by atoms with E-state index in [-0.39, 0.29) is 0 Å². The van der Waals surface area contributed by atoms with Gasteiger partial charge in [-0.2, -0.15) is 0 Å². The van der Waals surface area contributed by atoms with Gasteiger partial charge in [-0.05, 0) is 68.6 Å². The molecule has 3 rings (SSSR count). The maximum Gasteiger partial charge on any atom is 0.0654 e. The van der Waals surface area contributed by atoms with E-state index in [1.807, 2.05) is 13.8 Å². The molecular weight excluding hydrogens is 212 g/mol. The number of fused-ring (bicyclic) bond motifs is 3. The van der Waals surface area contributed by atoms with Crippen molar-refractivity contribution in [1.82, 2.24) is 0 Å². The van der Waals surface area contributed by atoms with Crippen LogP contribution in [0.2, 0.25) is 0 Å². The first kappa shape index (κ1) is 12.0. The topological polar surface area (TPSA) is 40.5 Å². The van der Waals surface area contributed by atoms with Gasteiger partial charge in [0.25, 0.3) is 0 Å². The van der Waals surface area contributed by atoms with E-state index < -0.39 is 11.2 Å². The molecule has 0 aromatic rings. The summed E-state index contributed by atoms with van der Waals surface area (Å²) in [5, 5.41) is 21.3. The Bertz CT molecular complexity index is 343. The largest absolute Gasteiger partial charge is 0.390 e. The molecule has 0 radical (unpaired) electrons. The van der Waals surface area contributed by atoms with Gasteiger partial charge in [0.05, 0.1) is 11.2 Å². The van der Waals surface area contributed by atoms with Gasteiger partial charge in [-0.25, -0.2) is 0 Å². The van der Waals surface area contributed by atoms with Gasteiger partial charge in [-0.3, -0.25) is 0 Å². The Morgan fingerprint density at radius 3 is 1.94 bits per heavy atom. The van der Waals surface area contributed by atoms with Crippen molar-refractivity contribution >= 4 is 0 Å². The molecule has 3 aliphatic rings. The van der Waals surface area contributed by atoms with Crippen LogP contribution in [0.4, 0.5) is 0 Å². The minimum absolute atomic E-state index is 0.300. The van der Waals surface area contributed by atoms with Gasteiger partial charge in [0, 0.05) is 0 Å². The second-order valence-corrected chi connectivity index (χ2v) is 7.88. The maximum absolute atomic E-state index is 10.7. The molecule has 3 fully saturated rings. The van der Waals surface area contributed by atoms with E-state index in [1.54, 1.807) is 0 Å². The van der Waals surface area contributed by atoms with E-state index in [0.717, 1.165) is 25.7 Å². The number of aliphatic hydroxyl groups is 2. The van der Waals surface area contributed by atoms with Crippen molar-refractivity contribution in [3.8, 4) is 0 Å². The SMILES string of the molecule is CC1(C)[C@@H]2[C@@H]3[C@H](CC[C@]3(C)O)[C@](C)(O)CC[C@@H]21. The maximum atomic E-state index is 10.7. The van der Waals surface area contributed by atoms with Crippen LogP contribution >= 0.6 is 0 Å². The molecule has 0 aliphatic heterocycles. The van der Waals surface area contributed by atoms with Crippen LogP contribution in [0, 0.1) is 29.1 Å². The Morgan fingerprint density at radius 2 is 1.29 bits per heavy atom. The smallest absolute Gasteiger partial charge is 0.0654 e. The van der Waals surface area contributed by atoms with Crippen molar-refractivity contribution in [3.05, 3.63) is 0 Å². The summed E-state index contributed by atoms with van der Waals surface area (Å²) in [4.78, 5) is 0. The van der Waals surface area contributed by atoms with Crippen molar-refractivity contribution in [2.45, 2.75) is 64.6 Å². The molecule has 0 amide bonds. The van der Waals surface area contributed by atoms with Crippen LogP contribution in [0.25, 0.3) is 0 Å². The van der Waals surface area contributed by atoms with E-state index in [1.165, 1.54) is 0 Å². The lowest BCUT2D eigenvalue weighted by molar-refractivity contribution is -0.0663. The summed E-state index contributed by atoms with van der Waals surface area (Å²) >= 11 is 0. The third-order valence-corrected chi connectivity index (χ3v) is 6.40. The van der Waals surface area contributed by atoms with Crippen LogP contribution in [0.5, 0.6) is 0 Å². The fourth-order valence-corrected chi connectivity index (χ4v) is 5.25. The molecule has 2 heteroatoms. The van der Waals surface area contributed by atoms with Gasteiger partial charge in [0.15, 0.2) is 0 Å². The monoisotopic (exact) mass is 238 g/mol. The summed E-state index contributed by atoms with van der Waals surface area (Å²) in [6.45, 7) is 8.66. The van der Waals surface area contributed by atoms with Crippen molar-refractivity contribution in [3.63, 3.8) is 0 Å². The summed E-state index contributed by atoms with van der Waals surface area (Å²) in [5.74, 6) is 1.95. The van der Waals surface area contributed by atoms with E-state index in [2.05, 4.69) is 13.8 Å². The molecule has 2 N–H and O–H groups in total. The highest BCUT2D eigenvalue weighted by Gasteiger charge is 2.69. The van der Waals surface area contributed by atoms with Crippen molar-refractivity contribution in [2.75, 3.05) is 0 Å². The average molecular weight is 238 g/mol. The van der Waals surface area contributed by atoms with E-state index in [4.69, 9.17) is 0 Å². The Kier molecular flexibility index (Phi) is 2.17. The number of hydrogen-bond acceptors (Lipinski definition) is 2. The third-order valence-electron chi connectivity index (χ3n) is 6.40. The summed E-state index contributed by atoms with van der Waals surface area (Å²) in [6, 6.07) is 0.